The van der Waals surface area contributed by atoms with Crippen LogP contribution in [0.2, 0.25) is 5.02 Å². The molecule has 18 heavy (non-hydrogen) atoms. The number of benzene rings is 1. The monoisotopic (exact) mass is 267 g/mol. The Morgan fingerprint density at radius 2 is 2.22 bits per heavy atom. The molecule has 2 nitrogen and oxygen atoms in total. The smallest absolute Gasteiger partial charge is 0.141 e. The molecule has 0 aliphatic carbocycles. The predicted octanol–water partition coefficient (Wildman–Crippen LogP) is 4.31. The predicted molar refractivity (Wildman–Crippen MR) is 70.0 cm³/mol. The Balaban J connectivity index is 1.99. The fourth-order valence-corrected chi connectivity index (χ4v) is 2.03. The molecule has 0 spiro atoms. The minimum Gasteiger partial charge on any atom is -0.468 e. The number of halogens is 2. The molecule has 96 valence electrons. The molecule has 0 amide bonds. The normalized spacial score (nSPS) is 12.6. The highest BCUT2D eigenvalue weighted by Crippen LogP contribution is 2.19. The number of hydrogen-bond acceptors (Lipinski definition) is 2. The lowest BCUT2D eigenvalue weighted by atomic mass is 10.1. The van der Waals surface area contributed by atoms with Crippen molar-refractivity contribution in [1.29, 1.82) is 0 Å². The summed E-state index contributed by atoms with van der Waals surface area (Å²) in [6.45, 7) is 2.71. The Morgan fingerprint density at radius 1 is 1.39 bits per heavy atom. The third-order valence-corrected chi connectivity index (χ3v) is 3.12. The van der Waals surface area contributed by atoms with Crippen molar-refractivity contribution in [3.63, 3.8) is 0 Å². The average Bonchev–Trinajstić information content (AvgIpc) is 2.88. The maximum absolute atomic E-state index is 13.0. The molecule has 0 saturated carbocycles. The highest BCUT2D eigenvalue weighted by molar-refractivity contribution is 6.30. The summed E-state index contributed by atoms with van der Waals surface area (Å²) in [5.74, 6) is 0.518. The molecule has 1 unspecified atom stereocenters. The maximum atomic E-state index is 13.0. The van der Waals surface area contributed by atoms with Gasteiger partial charge in [0.15, 0.2) is 0 Å². The zero-order valence-corrected chi connectivity index (χ0v) is 10.9. The minimum atomic E-state index is -0.390. The van der Waals surface area contributed by atoms with Gasteiger partial charge < -0.3 is 9.73 Å². The van der Waals surface area contributed by atoms with E-state index in [0.717, 1.165) is 17.7 Å². The van der Waals surface area contributed by atoms with Crippen molar-refractivity contribution < 1.29 is 8.81 Å². The van der Waals surface area contributed by atoms with Gasteiger partial charge in [0, 0.05) is 6.54 Å². The third kappa shape index (κ3) is 3.12. The Morgan fingerprint density at radius 3 is 2.83 bits per heavy atom. The quantitative estimate of drug-likeness (QED) is 0.873. The standard InChI is InChI=1S/C14H15ClFNO/c1-2-13(14-4-3-7-18-14)17-9-10-5-6-12(16)11(15)8-10/h3-8,13,17H,2,9H2,1H3. The van der Waals surface area contributed by atoms with Crippen LogP contribution in [0.5, 0.6) is 0 Å². The van der Waals surface area contributed by atoms with E-state index in [1.807, 2.05) is 12.1 Å². The third-order valence-electron chi connectivity index (χ3n) is 2.83. The summed E-state index contributed by atoms with van der Waals surface area (Å²) in [5.41, 5.74) is 0.950. The van der Waals surface area contributed by atoms with Crippen LogP contribution < -0.4 is 5.32 Å². The highest BCUT2D eigenvalue weighted by Gasteiger charge is 2.11. The van der Waals surface area contributed by atoms with Crippen molar-refractivity contribution in [1.82, 2.24) is 5.32 Å². The molecule has 2 aromatic rings. The largest absolute Gasteiger partial charge is 0.468 e. The van der Waals surface area contributed by atoms with E-state index in [1.165, 1.54) is 6.07 Å². The molecule has 0 aliphatic rings. The van der Waals surface area contributed by atoms with E-state index in [-0.39, 0.29) is 11.1 Å². The van der Waals surface area contributed by atoms with Crippen LogP contribution >= 0.6 is 11.6 Å². The fraction of sp³-hybridized carbons (Fsp3) is 0.286. The molecule has 0 radical (unpaired) electrons. The van der Waals surface area contributed by atoms with Gasteiger partial charge in [-0.05, 0) is 36.2 Å². The molecule has 4 heteroatoms. The average molecular weight is 268 g/mol. The van der Waals surface area contributed by atoms with Gasteiger partial charge in [0.2, 0.25) is 0 Å². The van der Waals surface area contributed by atoms with E-state index in [4.69, 9.17) is 16.0 Å². The van der Waals surface area contributed by atoms with Crippen LogP contribution in [0.15, 0.2) is 41.0 Å². The molecule has 0 saturated heterocycles. The molecular formula is C14H15ClFNO. The summed E-state index contributed by atoms with van der Waals surface area (Å²) >= 11 is 5.74. The Kier molecular flexibility index (Phi) is 4.39. The lowest BCUT2D eigenvalue weighted by Gasteiger charge is -2.14. The van der Waals surface area contributed by atoms with E-state index < -0.39 is 5.82 Å². The SMILES string of the molecule is CCC(NCc1ccc(F)c(Cl)c1)c1ccco1. The lowest BCUT2D eigenvalue weighted by molar-refractivity contribution is 0.403. The summed E-state index contributed by atoms with van der Waals surface area (Å²) in [6.07, 6.45) is 2.58. The Bertz CT molecular complexity index is 499. The molecule has 1 aromatic heterocycles. The molecular weight excluding hydrogens is 253 g/mol. The van der Waals surface area contributed by atoms with Gasteiger partial charge in [-0.1, -0.05) is 24.6 Å². The highest BCUT2D eigenvalue weighted by atomic mass is 35.5. The summed E-state index contributed by atoms with van der Waals surface area (Å²) in [5, 5.41) is 3.51. The van der Waals surface area contributed by atoms with E-state index in [2.05, 4.69) is 12.2 Å². The van der Waals surface area contributed by atoms with Gasteiger partial charge in [0.25, 0.3) is 0 Å². The van der Waals surface area contributed by atoms with Crippen LogP contribution in [0, 0.1) is 5.82 Å². The van der Waals surface area contributed by atoms with Crippen LogP contribution in [0.4, 0.5) is 4.39 Å². The first-order valence-corrected chi connectivity index (χ1v) is 6.29. The van der Waals surface area contributed by atoms with Crippen LogP contribution in [0.1, 0.15) is 30.7 Å². The maximum Gasteiger partial charge on any atom is 0.141 e. The number of rotatable bonds is 5. The first-order valence-electron chi connectivity index (χ1n) is 5.91. The molecule has 0 aliphatic heterocycles. The van der Waals surface area contributed by atoms with Crippen molar-refractivity contribution in [3.05, 3.63) is 58.8 Å². The summed E-state index contributed by atoms with van der Waals surface area (Å²) in [6, 6.07) is 8.71. The van der Waals surface area contributed by atoms with Gasteiger partial charge in [-0.25, -0.2) is 4.39 Å². The molecule has 1 atom stereocenters. The molecule has 2 rings (SSSR count). The molecule has 1 heterocycles. The van der Waals surface area contributed by atoms with Crippen molar-refractivity contribution in [2.45, 2.75) is 25.9 Å². The molecule has 1 N–H and O–H groups in total. The van der Waals surface area contributed by atoms with Crippen LogP contribution in [0.3, 0.4) is 0 Å². The Labute approximate surface area is 111 Å². The van der Waals surface area contributed by atoms with E-state index in [1.54, 1.807) is 18.4 Å². The van der Waals surface area contributed by atoms with Crippen molar-refractivity contribution in [3.8, 4) is 0 Å². The lowest BCUT2D eigenvalue weighted by Crippen LogP contribution is -2.19. The minimum absolute atomic E-state index is 0.153. The first kappa shape index (κ1) is 13.1. The molecule has 0 fully saturated rings. The summed E-state index contributed by atoms with van der Waals surface area (Å²) in [7, 11) is 0. The first-order chi connectivity index (χ1) is 8.70. The number of hydrogen-bond donors (Lipinski definition) is 1. The van der Waals surface area contributed by atoms with Crippen molar-refractivity contribution >= 4 is 11.6 Å². The Hall–Kier alpha value is -1.32. The summed E-state index contributed by atoms with van der Waals surface area (Å²) in [4.78, 5) is 0. The second-order valence-electron chi connectivity index (χ2n) is 4.11. The number of furan rings is 1. The fourth-order valence-electron chi connectivity index (χ4n) is 1.83. The second-order valence-corrected chi connectivity index (χ2v) is 4.51. The number of nitrogens with one attached hydrogen (secondary N) is 1. The van der Waals surface area contributed by atoms with Crippen molar-refractivity contribution in [2.24, 2.45) is 0 Å². The molecule has 1 aromatic carbocycles. The van der Waals surface area contributed by atoms with Gasteiger partial charge in [-0.3, -0.25) is 0 Å². The van der Waals surface area contributed by atoms with E-state index in [0.29, 0.717) is 6.54 Å². The van der Waals surface area contributed by atoms with Crippen LogP contribution in [0.25, 0.3) is 0 Å². The van der Waals surface area contributed by atoms with Gasteiger partial charge in [-0.15, -0.1) is 0 Å². The van der Waals surface area contributed by atoms with Gasteiger partial charge in [0.1, 0.15) is 11.6 Å². The zero-order valence-electron chi connectivity index (χ0n) is 10.1. The van der Waals surface area contributed by atoms with Gasteiger partial charge >= 0.3 is 0 Å². The van der Waals surface area contributed by atoms with Gasteiger partial charge in [-0.2, -0.15) is 0 Å². The second kappa shape index (κ2) is 6.03. The topological polar surface area (TPSA) is 25.2 Å². The molecule has 0 bridgehead atoms. The van der Waals surface area contributed by atoms with Crippen LogP contribution in [-0.4, -0.2) is 0 Å². The summed E-state index contributed by atoms with van der Waals surface area (Å²) < 4.78 is 18.4. The van der Waals surface area contributed by atoms with Crippen LogP contribution in [-0.2, 0) is 6.54 Å². The van der Waals surface area contributed by atoms with E-state index in [9.17, 15) is 4.39 Å². The van der Waals surface area contributed by atoms with Crippen molar-refractivity contribution in [2.75, 3.05) is 0 Å². The zero-order chi connectivity index (χ0) is 13.0. The van der Waals surface area contributed by atoms with Gasteiger partial charge in [0.05, 0.1) is 17.3 Å². The van der Waals surface area contributed by atoms with E-state index >= 15 is 0 Å².